The Balaban J connectivity index is 2.17. The van der Waals surface area contributed by atoms with Crippen LogP contribution >= 0.6 is 0 Å². The predicted octanol–water partition coefficient (Wildman–Crippen LogP) is 4.03. The first-order valence-corrected chi connectivity index (χ1v) is 8.42. The van der Waals surface area contributed by atoms with Gasteiger partial charge in [0.1, 0.15) is 0 Å². The number of rotatable bonds is 7. The first-order chi connectivity index (χ1) is 9.72. The summed E-state index contributed by atoms with van der Waals surface area (Å²) >= 11 is 0. The molecule has 0 radical (unpaired) electrons. The second-order valence-electron chi connectivity index (χ2n) is 6.20. The zero-order valence-corrected chi connectivity index (χ0v) is 13.1. The highest BCUT2D eigenvalue weighted by atomic mass is 16.6. The minimum Gasteiger partial charge on any atom is -0.449 e. The molecular formula is C17H29NO2. The number of cyclic esters (lactones) is 1. The van der Waals surface area contributed by atoms with E-state index in [1.165, 1.54) is 25.0 Å². The Morgan fingerprint density at radius 1 is 1.10 bits per heavy atom. The fraction of sp³-hybridized carbons (Fsp3) is 0.824. The molecule has 0 N–H and O–H groups in total. The van der Waals surface area contributed by atoms with E-state index in [1.807, 2.05) is 0 Å². The van der Waals surface area contributed by atoms with E-state index in [2.05, 4.69) is 18.7 Å². The van der Waals surface area contributed by atoms with Crippen molar-refractivity contribution in [1.29, 1.82) is 0 Å². The van der Waals surface area contributed by atoms with Crippen molar-refractivity contribution in [2.24, 2.45) is 0 Å². The number of unbranched alkanes of at least 4 members (excludes halogenated alkanes) is 2. The number of piperidine rings is 1. The molecule has 0 bridgehead atoms. The van der Waals surface area contributed by atoms with Crippen molar-refractivity contribution >= 4 is 5.97 Å². The van der Waals surface area contributed by atoms with Crippen LogP contribution in [-0.2, 0) is 9.53 Å². The number of esters is 1. The molecule has 114 valence electrons. The maximum absolute atomic E-state index is 11.9. The highest BCUT2D eigenvalue weighted by molar-refractivity contribution is 5.86. The molecule has 0 atom stereocenters. The van der Waals surface area contributed by atoms with Crippen molar-refractivity contribution in [3.63, 3.8) is 0 Å². The van der Waals surface area contributed by atoms with E-state index in [1.54, 1.807) is 6.08 Å². The normalized spacial score (nSPS) is 21.8. The second-order valence-corrected chi connectivity index (χ2v) is 6.20. The lowest BCUT2D eigenvalue weighted by Crippen LogP contribution is -2.42. The number of carbonyl (C=O) groups excluding carboxylic acids is 1. The lowest BCUT2D eigenvalue weighted by molar-refractivity contribution is -0.148. The average molecular weight is 279 g/mol. The highest BCUT2D eigenvalue weighted by Gasteiger charge is 2.44. The molecule has 2 aliphatic rings. The Kier molecular flexibility index (Phi) is 5.50. The third-order valence-electron chi connectivity index (χ3n) is 4.58. The summed E-state index contributed by atoms with van der Waals surface area (Å²) in [5.74, 6) is -0.127. The number of carbonyl (C=O) groups is 1. The van der Waals surface area contributed by atoms with Gasteiger partial charge in [0.25, 0.3) is 0 Å². The largest absolute Gasteiger partial charge is 0.449 e. The van der Waals surface area contributed by atoms with Gasteiger partial charge in [-0.1, -0.05) is 26.7 Å². The molecule has 0 aromatic heterocycles. The fourth-order valence-electron chi connectivity index (χ4n) is 3.44. The van der Waals surface area contributed by atoms with E-state index in [4.69, 9.17) is 4.74 Å². The first kappa shape index (κ1) is 15.4. The number of likely N-dealkylation sites (tertiary alicyclic amines) is 1. The third kappa shape index (κ3) is 3.36. The van der Waals surface area contributed by atoms with E-state index in [-0.39, 0.29) is 11.6 Å². The number of hydrogen-bond donors (Lipinski definition) is 0. The molecule has 2 rings (SSSR count). The Bertz CT molecular complexity index is 348. The van der Waals surface area contributed by atoms with Gasteiger partial charge in [-0.3, -0.25) is 0 Å². The van der Waals surface area contributed by atoms with Crippen LogP contribution in [-0.4, -0.2) is 29.6 Å². The highest BCUT2D eigenvalue weighted by Crippen LogP contribution is 2.40. The van der Waals surface area contributed by atoms with Gasteiger partial charge in [-0.2, -0.15) is 0 Å². The first-order valence-electron chi connectivity index (χ1n) is 8.42. The fourth-order valence-corrected chi connectivity index (χ4v) is 3.44. The van der Waals surface area contributed by atoms with Gasteiger partial charge < -0.3 is 9.64 Å². The van der Waals surface area contributed by atoms with Crippen LogP contribution in [0.2, 0.25) is 0 Å². The van der Waals surface area contributed by atoms with Crippen molar-refractivity contribution in [1.82, 2.24) is 4.90 Å². The lowest BCUT2D eigenvalue weighted by atomic mass is 9.87. The molecule has 2 heterocycles. The van der Waals surface area contributed by atoms with Gasteiger partial charge in [0.15, 0.2) is 5.60 Å². The van der Waals surface area contributed by atoms with Gasteiger partial charge >= 0.3 is 5.97 Å². The maximum atomic E-state index is 11.9. The van der Waals surface area contributed by atoms with Crippen molar-refractivity contribution < 1.29 is 9.53 Å². The zero-order valence-electron chi connectivity index (χ0n) is 13.1. The van der Waals surface area contributed by atoms with Crippen LogP contribution in [0.3, 0.4) is 0 Å². The summed E-state index contributed by atoms with van der Waals surface area (Å²) in [6.07, 6.45) is 12.1. The van der Waals surface area contributed by atoms with Gasteiger partial charge in [-0.25, -0.2) is 4.79 Å². The van der Waals surface area contributed by atoms with Crippen LogP contribution in [0.1, 0.15) is 71.6 Å². The van der Waals surface area contributed by atoms with Crippen LogP contribution in [0, 0.1) is 0 Å². The quantitative estimate of drug-likeness (QED) is 0.659. The van der Waals surface area contributed by atoms with Crippen molar-refractivity contribution in [3.05, 3.63) is 11.8 Å². The van der Waals surface area contributed by atoms with E-state index in [0.29, 0.717) is 0 Å². The van der Waals surface area contributed by atoms with Crippen LogP contribution < -0.4 is 0 Å². The minimum atomic E-state index is -0.319. The van der Waals surface area contributed by atoms with Gasteiger partial charge in [-0.05, 0) is 44.9 Å². The SMILES string of the molecule is CCCCC1(CCCC)OC(=O)C=C1N1CCCCC1. The summed E-state index contributed by atoms with van der Waals surface area (Å²) in [5, 5.41) is 0. The number of nitrogens with zero attached hydrogens (tertiary/aromatic N) is 1. The molecular weight excluding hydrogens is 250 g/mol. The molecule has 0 amide bonds. The van der Waals surface area contributed by atoms with Crippen LogP contribution in [0.5, 0.6) is 0 Å². The molecule has 0 saturated carbocycles. The monoisotopic (exact) mass is 279 g/mol. The third-order valence-corrected chi connectivity index (χ3v) is 4.58. The molecule has 20 heavy (non-hydrogen) atoms. The Labute approximate surface area is 123 Å². The Morgan fingerprint density at radius 2 is 1.70 bits per heavy atom. The average Bonchev–Trinajstić information content (AvgIpc) is 2.81. The van der Waals surface area contributed by atoms with Gasteiger partial charge in [0.05, 0.1) is 5.70 Å². The van der Waals surface area contributed by atoms with Crippen LogP contribution in [0.25, 0.3) is 0 Å². The van der Waals surface area contributed by atoms with Gasteiger partial charge in [-0.15, -0.1) is 0 Å². The molecule has 0 unspecified atom stereocenters. The molecule has 0 spiro atoms. The van der Waals surface area contributed by atoms with Crippen LogP contribution in [0.4, 0.5) is 0 Å². The minimum absolute atomic E-state index is 0.127. The van der Waals surface area contributed by atoms with E-state index < -0.39 is 0 Å². The Hall–Kier alpha value is -0.990. The molecule has 1 fully saturated rings. The smallest absolute Gasteiger partial charge is 0.333 e. The van der Waals surface area contributed by atoms with E-state index in [9.17, 15) is 4.79 Å². The standard InChI is InChI=1S/C17H29NO2/c1-3-5-10-17(11-6-4-2)15(14-16(19)20-17)18-12-8-7-9-13-18/h14H,3-13H2,1-2H3. The van der Waals surface area contributed by atoms with E-state index >= 15 is 0 Å². The summed E-state index contributed by atoms with van der Waals surface area (Å²) in [7, 11) is 0. The molecule has 3 heteroatoms. The predicted molar refractivity (Wildman–Crippen MR) is 81.4 cm³/mol. The molecule has 2 aliphatic heterocycles. The van der Waals surface area contributed by atoms with E-state index in [0.717, 1.165) is 51.6 Å². The second kappa shape index (κ2) is 7.14. The summed E-state index contributed by atoms with van der Waals surface area (Å²) in [5.41, 5.74) is 0.865. The maximum Gasteiger partial charge on any atom is 0.333 e. The number of hydrogen-bond acceptors (Lipinski definition) is 3. The zero-order chi connectivity index (χ0) is 14.4. The summed E-state index contributed by atoms with van der Waals surface area (Å²) in [6, 6.07) is 0. The van der Waals surface area contributed by atoms with Crippen molar-refractivity contribution in [2.45, 2.75) is 77.2 Å². The summed E-state index contributed by atoms with van der Waals surface area (Å²) in [6.45, 7) is 6.58. The van der Waals surface area contributed by atoms with Gasteiger partial charge in [0, 0.05) is 19.2 Å². The van der Waals surface area contributed by atoms with Crippen LogP contribution in [0.15, 0.2) is 11.8 Å². The molecule has 0 aliphatic carbocycles. The van der Waals surface area contributed by atoms with Crippen molar-refractivity contribution in [2.75, 3.05) is 13.1 Å². The molecule has 1 saturated heterocycles. The van der Waals surface area contributed by atoms with Gasteiger partial charge in [0.2, 0.25) is 0 Å². The summed E-state index contributed by atoms with van der Waals surface area (Å²) < 4.78 is 5.85. The molecule has 0 aromatic carbocycles. The summed E-state index contributed by atoms with van der Waals surface area (Å²) in [4.78, 5) is 14.3. The molecule has 3 nitrogen and oxygen atoms in total. The Morgan fingerprint density at radius 3 is 2.25 bits per heavy atom. The lowest BCUT2D eigenvalue weighted by Gasteiger charge is -2.39. The van der Waals surface area contributed by atoms with Crippen molar-refractivity contribution in [3.8, 4) is 0 Å². The molecule has 0 aromatic rings. The number of ether oxygens (including phenoxy) is 1. The topological polar surface area (TPSA) is 29.5 Å².